The maximum absolute atomic E-state index is 12.6. The van der Waals surface area contributed by atoms with E-state index >= 15 is 0 Å². The lowest BCUT2D eigenvalue weighted by Crippen LogP contribution is -2.33. The number of carbonyl (C=O) groups excluding carboxylic acids is 1. The number of hydrogen-bond acceptors (Lipinski definition) is 5. The van der Waals surface area contributed by atoms with E-state index in [0.717, 1.165) is 4.88 Å². The van der Waals surface area contributed by atoms with Crippen molar-refractivity contribution in [3.05, 3.63) is 46.2 Å². The summed E-state index contributed by atoms with van der Waals surface area (Å²) in [5.41, 5.74) is 6.06. The largest absolute Gasteiger partial charge is 0.505 e. The van der Waals surface area contributed by atoms with Crippen LogP contribution in [0.5, 0.6) is 5.75 Å². The van der Waals surface area contributed by atoms with Crippen LogP contribution >= 0.6 is 11.3 Å². The normalized spacial score (nSPS) is 10.5. The highest BCUT2D eigenvalue weighted by Gasteiger charge is 2.20. The van der Waals surface area contributed by atoms with Crippen LogP contribution in [0.15, 0.2) is 35.7 Å². The summed E-state index contributed by atoms with van der Waals surface area (Å²) < 4.78 is 5.05. The van der Waals surface area contributed by atoms with Gasteiger partial charge >= 0.3 is 0 Å². The number of anilines is 1. The Kier molecular flexibility index (Phi) is 5.19. The van der Waals surface area contributed by atoms with Gasteiger partial charge in [-0.1, -0.05) is 12.1 Å². The molecule has 0 bridgehead atoms. The number of benzene rings is 1. The van der Waals surface area contributed by atoms with Crippen molar-refractivity contribution in [1.29, 1.82) is 0 Å². The highest BCUT2D eigenvalue weighted by Crippen LogP contribution is 2.26. The van der Waals surface area contributed by atoms with Gasteiger partial charge < -0.3 is 20.5 Å². The van der Waals surface area contributed by atoms with Crippen LogP contribution in [-0.2, 0) is 11.3 Å². The van der Waals surface area contributed by atoms with Crippen LogP contribution in [0.2, 0.25) is 0 Å². The van der Waals surface area contributed by atoms with Crippen LogP contribution in [0.4, 0.5) is 5.69 Å². The zero-order chi connectivity index (χ0) is 15.2. The van der Waals surface area contributed by atoms with Crippen molar-refractivity contribution in [3.63, 3.8) is 0 Å². The van der Waals surface area contributed by atoms with E-state index in [0.29, 0.717) is 19.7 Å². The summed E-state index contributed by atoms with van der Waals surface area (Å²) in [6, 6.07) is 8.70. The van der Waals surface area contributed by atoms with Gasteiger partial charge in [0.05, 0.1) is 24.4 Å². The number of hydrogen-bond donors (Lipinski definition) is 2. The van der Waals surface area contributed by atoms with Crippen molar-refractivity contribution in [2.75, 3.05) is 26.0 Å². The van der Waals surface area contributed by atoms with Crippen LogP contribution in [0, 0.1) is 0 Å². The monoisotopic (exact) mass is 306 g/mol. The molecule has 0 spiro atoms. The summed E-state index contributed by atoms with van der Waals surface area (Å²) in [7, 11) is 1.59. The quantitative estimate of drug-likeness (QED) is 0.634. The van der Waals surface area contributed by atoms with Crippen LogP contribution in [0.25, 0.3) is 0 Å². The second-order valence-electron chi connectivity index (χ2n) is 4.54. The second kappa shape index (κ2) is 7.10. The van der Waals surface area contributed by atoms with Gasteiger partial charge in [-0.15, -0.1) is 11.3 Å². The SMILES string of the molecule is COCCN(Cc1cccs1)C(=O)c1cccc(N)c1O. The molecule has 3 N–H and O–H groups in total. The number of phenolic OH excluding ortho intramolecular Hbond substituents is 1. The summed E-state index contributed by atoms with van der Waals surface area (Å²) in [6.07, 6.45) is 0. The maximum Gasteiger partial charge on any atom is 0.258 e. The Balaban J connectivity index is 2.22. The number of aromatic hydroxyl groups is 1. The molecule has 0 unspecified atom stereocenters. The summed E-state index contributed by atoms with van der Waals surface area (Å²) in [5, 5.41) is 11.9. The third-order valence-corrected chi connectivity index (χ3v) is 3.94. The molecule has 0 fully saturated rings. The fourth-order valence-electron chi connectivity index (χ4n) is 1.95. The molecule has 1 aromatic carbocycles. The van der Waals surface area contributed by atoms with E-state index in [1.165, 1.54) is 0 Å². The molecule has 0 aliphatic rings. The number of nitrogens with two attached hydrogens (primary N) is 1. The number of ether oxygens (including phenoxy) is 1. The van der Waals surface area contributed by atoms with E-state index in [4.69, 9.17) is 10.5 Å². The first-order chi connectivity index (χ1) is 10.1. The predicted octanol–water partition coefficient (Wildman–Crippen LogP) is 2.32. The van der Waals surface area contributed by atoms with Crippen LogP contribution in [-0.4, -0.2) is 36.2 Å². The summed E-state index contributed by atoms with van der Waals surface area (Å²) in [5.74, 6) is -0.429. The van der Waals surface area contributed by atoms with Crippen molar-refractivity contribution >= 4 is 22.9 Å². The van der Waals surface area contributed by atoms with Gasteiger partial charge in [0.1, 0.15) is 0 Å². The van der Waals surface area contributed by atoms with Gasteiger partial charge in [0, 0.05) is 18.5 Å². The zero-order valence-electron chi connectivity index (χ0n) is 11.8. The van der Waals surface area contributed by atoms with Crippen molar-refractivity contribution in [2.24, 2.45) is 0 Å². The molecule has 1 heterocycles. The average Bonchev–Trinajstić information content (AvgIpc) is 2.98. The van der Waals surface area contributed by atoms with Gasteiger partial charge in [0.15, 0.2) is 5.75 Å². The Bertz CT molecular complexity index is 599. The summed E-state index contributed by atoms with van der Waals surface area (Å²) in [6.45, 7) is 1.36. The fraction of sp³-hybridized carbons (Fsp3) is 0.267. The summed E-state index contributed by atoms with van der Waals surface area (Å²) in [4.78, 5) is 15.3. The van der Waals surface area contributed by atoms with E-state index in [1.54, 1.807) is 41.5 Å². The van der Waals surface area contributed by atoms with Gasteiger partial charge in [-0.05, 0) is 23.6 Å². The third kappa shape index (κ3) is 3.74. The van der Waals surface area contributed by atoms with Crippen LogP contribution in [0.1, 0.15) is 15.2 Å². The molecule has 112 valence electrons. The molecule has 2 aromatic rings. The standard InChI is InChI=1S/C15H18N2O3S/c1-20-8-7-17(10-11-4-3-9-21-11)15(19)12-5-2-6-13(16)14(12)18/h2-6,9,18H,7-8,10,16H2,1H3. The average molecular weight is 306 g/mol. The Morgan fingerprint density at radius 2 is 2.19 bits per heavy atom. The number of nitrogens with zero attached hydrogens (tertiary/aromatic N) is 1. The molecule has 21 heavy (non-hydrogen) atoms. The minimum absolute atomic E-state index is 0.170. The third-order valence-electron chi connectivity index (χ3n) is 3.08. The van der Waals surface area contributed by atoms with E-state index in [9.17, 15) is 9.90 Å². The van der Waals surface area contributed by atoms with Crippen LogP contribution < -0.4 is 5.73 Å². The minimum atomic E-state index is -0.259. The molecular formula is C15H18N2O3S. The molecule has 0 aliphatic heterocycles. The fourth-order valence-corrected chi connectivity index (χ4v) is 2.67. The van der Waals surface area contributed by atoms with Crippen molar-refractivity contribution in [3.8, 4) is 5.75 Å². The highest BCUT2D eigenvalue weighted by atomic mass is 32.1. The Morgan fingerprint density at radius 3 is 2.86 bits per heavy atom. The number of phenols is 1. The number of nitrogen functional groups attached to an aromatic ring is 1. The smallest absolute Gasteiger partial charge is 0.258 e. The van der Waals surface area contributed by atoms with Crippen LogP contribution in [0.3, 0.4) is 0 Å². The van der Waals surface area contributed by atoms with Crippen molar-refractivity contribution in [2.45, 2.75) is 6.54 Å². The zero-order valence-corrected chi connectivity index (χ0v) is 12.6. The number of amides is 1. The highest BCUT2D eigenvalue weighted by molar-refractivity contribution is 7.09. The lowest BCUT2D eigenvalue weighted by atomic mass is 10.1. The Morgan fingerprint density at radius 1 is 1.38 bits per heavy atom. The van der Waals surface area contributed by atoms with Crippen molar-refractivity contribution in [1.82, 2.24) is 4.90 Å². The number of carbonyl (C=O) groups is 1. The Hall–Kier alpha value is -2.05. The first-order valence-corrected chi connectivity index (χ1v) is 7.39. The van der Waals surface area contributed by atoms with Gasteiger partial charge in [0.2, 0.25) is 0 Å². The molecule has 0 aliphatic carbocycles. The predicted molar refractivity (Wildman–Crippen MR) is 83.5 cm³/mol. The number of para-hydroxylation sites is 1. The van der Waals surface area contributed by atoms with E-state index in [2.05, 4.69) is 0 Å². The molecule has 0 saturated carbocycles. The van der Waals surface area contributed by atoms with E-state index in [1.807, 2.05) is 17.5 Å². The first kappa shape index (κ1) is 15.3. The molecule has 0 saturated heterocycles. The van der Waals surface area contributed by atoms with E-state index < -0.39 is 0 Å². The van der Waals surface area contributed by atoms with Gasteiger partial charge in [-0.2, -0.15) is 0 Å². The lowest BCUT2D eigenvalue weighted by Gasteiger charge is -2.22. The molecule has 1 aromatic heterocycles. The lowest BCUT2D eigenvalue weighted by molar-refractivity contribution is 0.0679. The first-order valence-electron chi connectivity index (χ1n) is 6.51. The molecule has 5 nitrogen and oxygen atoms in total. The number of methoxy groups -OCH3 is 1. The molecule has 1 amide bonds. The number of rotatable bonds is 6. The number of thiophene rings is 1. The molecule has 6 heteroatoms. The second-order valence-corrected chi connectivity index (χ2v) is 5.57. The molecule has 0 radical (unpaired) electrons. The van der Waals surface area contributed by atoms with Gasteiger partial charge in [0.25, 0.3) is 5.91 Å². The topological polar surface area (TPSA) is 75.8 Å². The van der Waals surface area contributed by atoms with E-state index in [-0.39, 0.29) is 22.9 Å². The molecule has 0 atom stereocenters. The minimum Gasteiger partial charge on any atom is -0.505 e. The summed E-state index contributed by atoms with van der Waals surface area (Å²) >= 11 is 1.58. The maximum atomic E-state index is 12.6. The van der Waals surface area contributed by atoms with Gasteiger partial charge in [-0.3, -0.25) is 4.79 Å². The molecular weight excluding hydrogens is 288 g/mol. The Labute approximate surface area is 127 Å². The van der Waals surface area contributed by atoms with Gasteiger partial charge in [-0.25, -0.2) is 0 Å². The molecule has 2 rings (SSSR count). The van der Waals surface area contributed by atoms with Crippen molar-refractivity contribution < 1.29 is 14.6 Å².